The maximum atomic E-state index is 12.6. The maximum Gasteiger partial charge on any atom is 0.257 e. The molecule has 0 atom stereocenters. The molecule has 0 unspecified atom stereocenters. The third-order valence-corrected chi connectivity index (χ3v) is 5.55. The van der Waals surface area contributed by atoms with Crippen molar-refractivity contribution >= 4 is 34.0 Å². The number of aromatic nitrogens is 1. The number of hydrogen-bond donors (Lipinski definition) is 2. The number of amides is 2. The summed E-state index contributed by atoms with van der Waals surface area (Å²) in [5.41, 5.74) is 4.36. The predicted octanol–water partition coefficient (Wildman–Crippen LogP) is 5.63. The quantitative estimate of drug-likeness (QED) is 0.405. The minimum Gasteiger partial charge on any atom is -0.496 e. The number of nitrogens with one attached hydrogen (secondary N) is 2. The van der Waals surface area contributed by atoms with Gasteiger partial charge in [-0.2, -0.15) is 0 Å². The first-order valence-corrected chi connectivity index (χ1v) is 10.8. The largest absolute Gasteiger partial charge is 0.496 e. The van der Waals surface area contributed by atoms with Crippen molar-refractivity contribution in [1.29, 1.82) is 0 Å². The molecule has 0 spiro atoms. The van der Waals surface area contributed by atoms with Crippen LogP contribution in [0.15, 0.2) is 78.2 Å². The molecule has 2 amide bonds. The first kappa shape index (κ1) is 21.3. The Balaban J connectivity index is 1.43. The van der Waals surface area contributed by atoms with E-state index >= 15 is 0 Å². The van der Waals surface area contributed by atoms with Crippen LogP contribution in [0.5, 0.6) is 5.75 Å². The molecule has 7 heteroatoms. The molecule has 3 aromatic carbocycles. The predicted molar refractivity (Wildman–Crippen MR) is 128 cm³/mol. The molecule has 6 nitrogen and oxygen atoms in total. The van der Waals surface area contributed by atoms with Crippen LogP contribution in [0.25, 0.3) is 11.3 Å². The van der Waals surface area contributed by atoms with Gasteiger partial charge in [0.2, 0.25) is 0 Å². The summed E-state index contributed by atoms with van der Waals surface area (Å²) >= 11 is 1.35. The normalized spacial score (nSPS) is 10.4. The van der Waals surface area contributed by atoms with Crippen LogP contribution in [0.4, 0.5) is 10.8 Å². The molecular weight excluding hydrogens is 422 g/mol. The van der Waals surface area contributed by atoms with Crippen LogP contribution in [0.2, 0.25) is 0 Å². The number of carbonyl (C=O) groups is 2. The number of ether oxygens (including phenoxy) is 1. The Morgan fingerprint density at radius 1 is 0.875 bits per heavy atom. The monoisotopic (exact) mass is 443 g/mol. The third-order valence-electron chi connectivity index (χ3n) is 4.80. The molecule has 2 N–H and O–H groups in total. The molecule has 0 bridgehead atoms. The number of thiazole rings is 1. The molecule has 1 aromatic heterocycles. The smallest absolute Gasteiger partial charge is 0.257 e. The Labute approximate surface area is 189 Å². The molecule has 4 aromatic rings. The highest BCUT2D eigenvalue weighted by atomic mass is 32.1. The van der Waals surface area contributed by atoms with E-state index < -0.39 is 0 Å². The fourth-order valence-corrected chi connectivity index (χ4v) is 3.85. The van der Waals surface area contributed by atoms with Crippen molar-refractivity contribution in [2.75, 3.05) is 17.7 Å². The standard InChI is InChI=1S/C25H21N3O3S/c1-16-8-13-22(31-2)20(14-16)21-15-32-25(27-21)28-24(30)18-9-11-19(12-10-18)26-23(29)17-6-4-3-5-7-17/h3-15H,1-2H3,(H,26,29)(H,27,28,30). The molecule has 160 valence electrons. The van der Waals surface area contributed by atoms with Crippen LogP contribution < -0.4 is 15.4 Å². The zero-order valence-corrected chi connectivity index (χ0v) is 18.4. The Morgan fingerprint density at radius 3 is 2.28 bits per heavy atom. The Bertz CT molecular complexity index is 1250. The second kappa shape index (κ2) is 9.45. The fraction of sp³-hybridized carbons (Fsp3) is 0.0800. The van der Waals surface area contributed by atoms with E-state index in [1.54, 1.807) is 55.6 Å². The fourth-order valence-electron chi connectivity index (χ4n) is 3.14. The highest BCUT2D eigenvalue weighted by Gasteiger charge is 2.13. The zero-order chi connectivity index (χ0) is 22.5. The van der Waals surface area contributed by atoms with Crippen molar-refractivity contribution < 1.29 is 14.3 Å². The number of benzene rings is 3. The lowest BCUT2D eigenvalue weighted by Gasteiger charge is -2.07. The lowest BCUT2D eigenvalue weighted by Crippen LogP contribution is -2.13. The van der Waals surface area contributed by atoms with Gasteiger partial charge < -0.3 is 10.1 Å². The topological polar surface area (TPSA) is 80.3 Å². The van der Waals surface area contributed by atoms with Crippen molar-refractivity contribution in [2.45, 2.75) is 6.92 Å². The van der Waals surface area contributed by atoms with Gasteiger partial charge in [-0.3, -0.25) is 14.9 Å². The van der Waals surface area contributed by atoms with Gasteiger partial charge in [-0.25, -0.2) is 4.98 Å². The van der Waals surface area contributed by atoms with Gasteiger partial charge in [0.15, 0.2) is 5.13 Å². The number of rotatable bonds is 6. The Morgan fingerprint density at radius 2 is 1.56 bits per heavy atom. The summed E-state index contributed by atoms with van der Waals surface area (Å²) in [7, 11) is 1.62. The average molecular weight is 444 g/mol. The highest BCUT2D eigenvalue weighted by molar-refractivity contribution is 7.14. The first-order chi connectivity index (χ1) is 15.5. The number of carbonyl (C=O) groups excluding carboxylic acids is 2. The second-order valence-electron chi connectivity index (χ2n) is 7.09. The molecule has 32 heavy (non-hydrogen) atoms. The summed E-state index contributed by atoms with van der Waals surface area (Å²) in [6.07, 6.45) is 0. The van der Waals surface area contributed by atoms with Crippen LogP contribution in [0, 0.1) is 6.92 Å². The van der Waals surface area contributed by atoms with Crippen LogP contribution in [-0.2, 0) is 0 Å². The van der Waals surface area contributed by atoms with Crippen molar-refractivity contribution in [3.05, 3.63) is 94.9 Å². The summed E-state index contributed by atoms with van der Waals surface area (Å²) in [5, 5.41) is 8.02. The van der Waals surface area contributed by atoms with Crippen molar-refractivity contribution in [1.82, 2.24) is 4.98 Å². The van der Waals surface area contributed by atoms with Crippen molar-refractivity contribution in [3.8, 4) is 17.0 Å². The Kier molecular flexibility index (Phi) is 6.28. The molecule has 0 fully saturated rings. The van der Waals surface area contributed by atoms with Gasteiger partial charge in [-0.05, 0) is 55.5 Å². The highest BCUT2D eigenvalue weighted by Crippen LogP contribution is 2.33. The van der Waals surface area contributed by atoms with E-state index in [2.05, 4.69) is 15.6 Å². The molecule has 1 heterocycles. The first-order valence-electron chi connectivity index (χ1n) is 9.92. The van der Waals surface area contributed by atoms with Gasteiger partial charge in [0.25, 0.3) is 11.8 Å². The SMILES string of the molecule is COc1ccc(C)cc1-c1csc(NC(=O)c2ccc(NC(=O)c3ccccc3)cc2)n1. The van der Waals surface area contributed by atoms with E-state index in [1.807, 2.05) is 36.6 Å². The van der Waals surface area contributed by atoms with Crippen LogP contribution in [-0.4, -0.2) is 23.9 Å². The van der Waals surface area contributed by atoms with Gasteiger partial charge in [0.1, 0.15) is 5.75 Å². The minimum absolute atomic E-state index is 0.204. The van der Waals surface area contributed by atoms with E-state index in [4.69, 9.17) is 4.74 Å². The minimum atomic E-state index is -0.275. The summed E-state index contributed by atoms with van der Waals surface area (Å²) in [4.78, 5) is 29.4. The van der Waals surface area contributed by atoms with Crippen LogP contribution in [0.1, 0.15) is 26.3 Å². The summed E-state index contributed by atoms with van der Waals surface area (Å²) in [6.45, 7) is 2.00. The maximum absolute atomic E-state index is 12.6. The lowest BCUT2D eigenvalue weighted by molar-refractivity contribution is 0.102. The molecule has 0 radical (unpaired) electrons. The molecule has 4 rings (SSSR count). The number of methoxy groups -OCH3 is 1. The second-order valence-corrected chi connectivity index (χ2v) is 7.95. The van der Waals surface area contributed by atoms with Gasteiger partial charge in [0.05, 0.1) is 12.8 Å². The summed E-state index contributed by atoms with van der Waals surface area (Å²) < 4.78 is 5.43. The molecule has 0 aliphatic carbocycles. The number of hydrogen-bond acceptors (Lipinski definition) is 5. The summed E-state index contributed by atoms with van der Waals surface area (Å²) in [5.74, 6) is 0.250. The third kappa shape index (κ3) is 4.84. The average Bonchev–Trinajstić information content (AvgIpc) is 3.28. The molecular formula is C25H21N3O3S. The summed E-state index contributed by atoms with van der Waals surface area (Å²) in [6, 6.07) is 21.5. The molecule has 0 saturated carbocycles. The van der Waals surface area contributed by atoms with Crippen molar-refractivity contribution in [2.24, 2.45) is 0 Å². The van der Waals surface area contributed by atoms with E-state index in [0.29, 0.717) is 21.9 Å². The molecule has 0 aliphatic rings. The van der Waals surface area contributed by atoms with Crippen LogP contribution in [0.3, 0.4) is 0 Å². The molecule has 0 aliphatic heterocycles. The van der Waals surface area contributed by atoms with Crippen LogP contribution >= 0.6 is 11.3 Å². The van der Waals surface area contributed by atoms with E-state index in [0.717, 1.165) is 22.6 Å². The van der Waals surface area contributed by atoms with E-state index in [9.17, 15) is 9.59 Å². The lowest BCUT2D eigenvalue weighted by atomic mass is 10.1. The number of nitrogens with zero attached hydrogens (tertiary/aromatic N) is 1. The van der Waals surface area contributed by atoms with E-state index in [1.165, 1.54) is 11.3 Å². The van der Waals surface area contributed by atoms with Gasteiger partial charge in [-0.1, -0.05) is 29.8 Å². The van der Waals surface area contributed by atoms with E-state index in [-0.39, 0.29) is 11.8 Å². The number of anilines is 2. The Hall–Kier alpha value is -3.97. The van der Waals surface area contributed by atoms with Crippen molar-refractivity contribution in [3.63, 3.8) is 0 Å². The van der Waals surface area contributed by atoms with Gasteiger partial charge in [0, 0.05) is 27.8 Å². The van der Waals surface area contributed by atoms with Gasteiger partial charge in [-0.15, -0.1) is 11.3 Å². The zero-order valence-electron chi connectivity index (χ0n) is 17.6. The number of aryl methyl sites for hydroxylation is 1. The molecule has 0 saturated heterocycles. The van der Waals surface area contributed by atoms with Gasteiger partial charge >= 0.3 is 0 Å².